The molecule has 1 aliphatic heterocycles. The van der Waals surface area contributed by atoms with Crippen molar-refractivity contribution in [3.63, 3.8) is 0 Å². The molecule has 5 heteroatoms. The fraction of sp³-hybridized carbons (Fsp3) is 0.900. The lowest BCUT2D eigenvalue weighted by atomic mass is 10.3. The van der Waals surface area contributed by atoms with Crippen molar-refractivity contribution in [2.45, 2.75) is 32.7 Å². The number of aliphatic imine (C=N–C) groups is 1. The highest BCUT2D eigenvalue weighted by Gasteiger charge is 2.16. The Balaban J connectivity index is 2.21. The minimum Gasteiger partial charge on any atom is -0.391 e. The molecule has 0 saturated heterocycles. The average molecular weight is 216 g/mol. The van der Waals surface area contributed by atoms with Crippen LogP contribution in [0.2, 0.25) is 0 Å². The maximum Gasteiger partial charge on any atom is 0.174 e. The Labute approximate surface area is 90.5 Å². The Morgan fingerprint density at radius 1 is 1.47 bits per heavy atom. The molecule has 88 valence electrons. The number of aliphatic hydroxyl groups excluding tert-OH is 1. The third-order valence-corrected chi connectivity index (χ3v) is 2.10. The Kier molecular flexibility index (Phi) is 5.60. The van der Waals surface area contributed by atoms with Gasteiger partial charge in [0.2, 0.25) is 0 Å². The van der Waals surface area contributed by atoms with Crippen LogP contribution in [0, 0.1) is 0 Å². The van der Waals surface area contributed by atoms with Crippen LogP contribution in [0.1, 0.15) is 20.3 Å². The van der Waals surface area contributed by atoms with Gasteiger partial charge in [0.1, 0.15) is 0 Å². The second-order valence-corrected chi connectivity index (χ2v) is 3.37. The normalized spacial score (nSPS) is 20.8. The van der Waals surface area contributed by atoms with Crippen molar-refractivity contribution in [3.05, 3.63) is 0 Å². The number of nitrogens with one attached hydrogen (secondary N) is 1. The first kappa shape index (κ1) is 12.4. The standard InChI is InChI=1S/C10H20N2O3/c1-3-14-10(15-4-2)7-12-9-5-8(13)6-11-9/h8,10,13H,3-7H2,1-2H3,(H,11,12). The van der Waals surface area contributed by atoms with E-state index in [1.165, 1.54) is 0 Å². The highest BCUT2D eigenvalue weighted by Crippen LogP contribution is 2.03. The summed E-state index contributed by atoms with van der Waals surface area (Å²) >= 11 is 0. The van der Waals surface area contributed by atoms with E-state index in [0.717, 1.165) is 5.84 Å². The number of aliphatic hydroxyl groups is 1. The SMILES string of the molecule is CCOC(CNC1=NCC(O)C1)OCC. The third kappa shape index (κ3) is 4.59. The molecule has 0 spiro atoms. The molecule has 0 bridgehead atoms. The fourth-order valence-electron chi connectivity index (χ4n) is 1.43. The minimum absolute atomic E-state index is 0.236. The molecule has 1 heterocycles. The smallest absolute Gasteiger partial charge is 0.174 e. The summed E-state index contributed by atoms with van der Waals surface area (Å²) in [7, 11) is 0. The van der Waals surface area contributed by atoms with Gasteiger partial charge in [-0.1, -0.05) is 0 Å². The summed E-state index contributed by atoms with van der Waals surface area (Å²) in [6.07, 6.45) is 0.0379. The first-order valence-electron chi connectivity index (χ1n) is 5.44. The maximum absolute atomic E-state index is 9.25. The summed E-state index contributed by atoms with van der Waals surface area (Å²) in [5.74, 6) is 0.840. The van der Waals surface area contributed by atoms with Gasteiger partial charge in [0.25, 0.3) is 0 Å². The van der Waals surface area contributed by atoms with Crippen molar-refractivity contribution >= 4 is 5.84 Å². The van der Waals surface area contributed by atoms with Crippen molar-refractivity contribution in [2.24, 2.45) is 4.99 Å². The van der Waals surface area contributed by atoms with Gasteiger partial charge in [0.05, 0.1) is 25.0 Å². The zero-order chi connectivity index (χ0) is 11.1. The van der Waals surface area contributed by atoms with Gasteiger partial charge in [-0.25, -0.2) is 0 Å². The van der Waals surface area contributed by atoms with Gasteiger partial charge in [0, 0.05) is 19.6 Å². The van der Waals surface area contributed by atoms with Crippen LogP contribution < -0.4 is 5.32 Å². The predicted octanol–water partition coefficient (Wildman–Crippen LogP) is 0.138. The zero-order valence-corrected chi connectivity index (χ0v) is 9.40. The van der Waals surface area contributed by atoms with E-state index >= 15 is 0 Å². The molecule has 1 aliphatic rings. The van der Waals surface area contributed by atoms with Gasteiger partial charge in [-0.15, -0.1) is 0 Å². The van der Waals surface area contributed by atoms with Crippen molar-refractivity contribution < 1.29 is 14.6 Å². The molecule has 0 radical (unpaired) electrons. The molecular weight excluding hydrogens is 196 g/mol. The summed E-state index contributed by atoms with van der Waals surface area (Å²) in [5, 5.41) is 12.4. The summed E-state index contributed by atoms with van der Waals surface area (Å²) in [4.78, 5) is 4.15. The van der Waals surface area contributed by atoms with Crippen LogP contribution in [0.5, 0.6) is 0 Å². The van der Waals surface area contributed by atoms with Crippen LogP contribution >= 0.6 is 0 Å². The van der Waals surface area contributed by atoms with Gasteiger partial charge < -0.3 is 19.9 Å². The summed E-state index contributed by atoms with van der Waals surface area (Å²) in [5.41, 5.74) is 0. The van der Waals surface area contributed by atoms with E-state index in [2.05, 4.69) is 10.3 Å². The van der Waals surface area contributed by atoms with E-state index in [-0.39, 0.29) is 12.4 Å². The van der Waals surface area contributed by atoms with Crippen LogP contribution in [0.4, 0.5) is 0 Å². The molecular formula is C10H20N2O3. The molecule has 1 rings (SSSR count). The van der Waals surface area contributed by atoms with Gasteiger partial charge in [-0.05, 0) is 13.8 Å². The number of hydrogen-bond donors (Lipinski definition) is 2. The van der Waals surface area contributed by atoms with Gasteiger partial charge in [-0.3, -0.25) is 4.99 Å². The molecule has 0 aromatic rings. The van der Waals surface area contributed by atoms with Crippen LogP contribution in [0.3, 0.4) is 0 Å². The Hall–Kier alpha value is -0.650. The molecule has 1 unspecified atom stereocenters. The van der Waals surface area contributed by atoms with E-state index in [1.807, 2.05) is 13.8 Å². The summed E-state index contributed by atoms with van der Waals surface area (Å²) < 4.78 is 10.7. The van der Waals surface area contributed by atoms with Crippen LogP contribution in [-0.2, 0) is 9.47 Å². The van der Waals surface area contributed by atoms with E-state index in [1.54, 1.807) is 0 Å². The second-order valence-electron chi connectivity index (χ2n) is 3.37. The largest absolute Gasteiger partial charge is 0.391 e. The van der Waals surface area contributed by atoms with Gasteiger partial charge in [-0.2, -0.15) is 0 Å². The Bertz CT molecular complexity index is 203. The number of rotatable bonds is 6. The topological polar surface area (TPSA) is 63.1 Å². The molecule has 1 atom stereocenters. The molecule has 0 aliphatic carbocycles. The van der Waals surface area contributed by atoms with Crippen LogP contribution in [0.15, 0.2) is 4.99 Å². The molecule has 0 saturated carbocycles. The van der Waals surface area contributed by atoms with Crippen molar-refractivity contribution in [3.8, 4) is 0 Å². The first-order valence-corrected chi connectivity index (χ1v) is 5.44. The van der Waals surface area contributed by atoms with Crippen LogP contribution in [0.25, 0.3) is 0 Å². The molecule has 5 nitrogen and oxygen atoms in total. The third-order valence-electron chi connectivity index (χ3n) is 2.10. The number of ether oxygens (including phenoxy) is 2. The Morgan fingerprint density at radius 2 is 2.13 bits per heavy atom. The lowest BCUT2D eigenvalue weighted by Crippen LogP contribution is -2.35. The molecule has 0 amide bonds. The lowest BCUT2D eigenvalue weighted by molar-refractivity contribution is -0.131. The van der Waals surface area contributed by atoms with Gasteiger partial charge >= 0.3 is 0 Å². The van der Waals surface area contributed by atoms with E-state index in [4.69, 9.17) is 9.47 Å². The second kappa shape index (κ2) is 6.76. The fourth-order valence-corrected chi connectivity index (χ4v) is 1.43. The highest BCUT2D eigenvalue weighted by atomic mass is 16.7. The molecule has 2 N–H and O–H groups in total. The molecule has 0 aromatic carbocycles. The Morgan fingerprint density at radius 3 is 2.60 bits per heavy atom. The minimum atomic E-state index is -0.329. The van der Waals surface area contributed by atoms with E-state index in [9.17, 15) is 5.11 Å². The molecule has 15 heavy (non-hydrogen) atoms. The lowest BCUT2D eigenvalue weighted by Gasteiger charge is -2.17. The quantitative estimate of drug-likeness (QED) is 0.620. The van der Waals surface area contributed by atoms with Crippen molar-refractivity contribution in [1.82, 2.24) is 5.32 Å². The average Bonchev–Trinajstić information content (AvgIpc) is 2.61. The summed E-state index contributed by atoms with van der Waals surface area (Å²) in [6, 6.07) is 0. The predicted molar refractivity (Wildman–Crippen MR) is 58.0 cm³/mol. The number of hydrogen-bond acceptors (Lipinski definition) is 5. The monoisotopic (exact) mass is 216 g/mol. The number of amidine groups is 1. The molecule has 0 aromatic heterocycles. The zero-order valence-electron chi connectivity index (χ0n) is 9.40. The summed E-state index contributed by atoms with van der Waals surface area (Å²) in [6.45, 7) is 6.19. The molecule has 0 fully saturated rings. The number of nitrogens with zero attached hydrogens (tertiary/aromatic N) is 1. The van der Waals surface area contributed by atoms with Gasteiger partial charge in [0.15, 0.2) is 6.29 Å². The maximum atomic E-state index is 9.25. The van der Waals surface area contributed by atoms with Crippen LogP contribution in [-0.4, -0.2) is 49.6 Å². The van der Waals surface area contributed by atoms with Crippen molar-refractivity contribution in [2.75, 3.05) is 26.3 Å². The highest BCUT2D eigenvalue weighted by molar-refractivity contribution is 5.84. The first-order chi connectivity index (χ1) is 7.26. The van der Waals surface area contributed by atoms with E-state index < -0.39 is 0 Å². The van der Waals surface area contributed by atoms with E-state index in [0.29, 0.717) is 32.7 Å². The van der Waals surface area contributed by atoms with Crippen molar-refractivity contribution in [1.29, 1.82) is 0 Å².